The highest BCUT2D eigenvalue weighted by atomic mass is 19.1. The van der Waals surface area contributed by atoms with E-state index in [1.165, 1.54) is 95.5 Å². The molecule has 0 aromatic heterocycles. The highest BCUT2D eigenvalue weighted by Crippen LogP contribution is 2.22. The summed E-state index contributed by atoms with van der Waals surface area (Å²) < 4.78 is 12.9. The first-order valence-corrected chi connectivity index (χ1v) is 30.0. The molecule has 2 atom stereocenters. The van der Waals surface area contributed by atoms with Gasteiger partial charge in [0.2, 0.25) is 0 Å². The predicted octanol–water partition coefficient (Wildman–Crippen LogP) is 23.6. The lowest BCUT2D eigenvalue weighted by Crippen LogP contribution is -2.06. The summed E-state index contributed by atoms with van der Waals surface area (Å²) in [7, 11) is 0. The van der Waals surface area contributed by atoms with Crippen molar-refractivity contribution in [2.75, 3.05) is 0 Å². The summed E-state index contributed by atoms with van der Waals surface area (Å²) in [6.45, 7) is 40.2. The van der Waals surface area contributed by atoms with Gasteiger partial charge in [-0.25, -0.2) is 4.39 Å². The maximum atomic E-state index is 12.9. The molecule has 7 rings (SSSR count). The van der Waals surface area contributed by atoms with E-state index in [4.69, 9.17) is 0 Å². The van der Waals surface area contributed by atoms with Gasteiger partial charge in [-0.15, -0.1) is 0 Å². The van der Waals surface area contributed by atoms with Crippen molar-refractivity contribution in [3.63, 3.8) is 0 Å². The van der Waals surface area contributed by atoms with Crippen molar-refractivity contribution in [1.29, 1.82) is 0 Å². The van der Waals surface area contributed by atoms with Crippen LogP contribution in [0.3, 0.4) is 0 Å². The van der Waals surface area contributed by atoms with Crippen molar-refractivity contribution >= 4 is 0 Å². The summed E-state index contributed by atoms with van der Waals surface area (Å²) in [6.07, 6.45) is 9.42. The van der Waals surface area contributed by atoms with Crippen molar-refractivity contribution in [3.05, 3.63) is 250 Å². The zero-order chi connectivity index (χ0) is 58.3. The van der Waals surface area contributed by atoms with Gasteiger partial charge >= 0.3 is 0 Å². The second kappa shape index (κ2) is 44.2. The van der Waals surface area contributed by atoms with Crippen molar-refractivity contribution in [1.82, 2.24) is 0 Å². The lowest BCUT2D eigenvalue weighted by molar-refractivity contribution is 0.417. The van der Waals surface area contributed by atoms with Crippen LogP contribution in [0.2, 0.25) is 0 Å². The SMILES string of the molecule is C.CC(C)C(C)Cc1ccccc1.CC(C)CC(C)c1ccccc1.CC(C)CCc1ccccc1.CC(C)Cc1ccccc1.CC(C)Cc1ccccc1F.Cc1ccc(CC(C)C)cc1.Cc1cccc(CC(C)C)c1. The highest BCUT2D eigenvalue weighted by molar-refractivity contribution is 5.24. The summed E-state index contributed by atoms with van der Waals surface area (Å²) in [5, 5.41) is 0. The number of rotatable bonds is 17. The van der Waals surface area contributed by atoms with Gasteiger partial charge in [-0.1, -0.05) is 317 Å². The summed E-state index contributed by atoms with van der Waals surface area (Å²) in [5.74, 6) is 6.60. The van der Waals surface area contributed by atoms with Crippen molar-refractivity contribution < 1.29 is 4.39 Å². The average Bonchev–Trinajstić information content (AvgIpc) is 3.39. The second-order valence-corrected chi connectivity index (χ2v) is 24.7. The molecule has 0 saturated carbocycles. The van der Waals surface area contributed by atoms with Crippen LogP contribution in [-0.4, -0.2) is 0 Å². The predicted molar refractivity (Wildman–Crippen MR) is 354 cm³/mol. The molecule has 0 aliphatic carbocycles. The summed E-state index contributed by atoms with van der Waals surface area (Å²) in [4.78, 5) is 0. The molecular weight excluding hydrogens is 956 g/mol. The van der Waals surface area contributed by atoms with Gasteiger partial charge in [0.05, 0.1) is 0 Å². The van der Waals surface area contributed by atoms with E-state index in [1.807, 2.05) is 12.1 Å². The lowest BCUT2D eigenvalue weighted by Gasteiger charge is -2.14. The van der Waals surface area contributed by atoms with Gasteiger partial charge in [-0.05, 0) is 163 Å². The third-order valence-corrected chi connectivity index (χ3v) is 13.1. The van der Waals surface area contributed by atoms with E-state index in [-0.39, 0.29) is 13.2 Å². The normalized spacial score (nSPS) is 11.2. The van der Waals surface area contributed by atoms with E-state index >= 15 is 0 Å². The van der Waals surface area contributed by atoms with Crippen LogP contribution in [0.5, 0.6) is 0 Å². The first kappa shape index (κ1) is 73.5. The van der Waals surface area contributed by atoms with Crippen molar-refractivity contribution in [2.24, 2.45) is 47.3 Å². The second-order valence-electron chi connectivity index (χ2n) is 24.7. The summed E-state index contributed by atoms with van der Waals surface area (Å²) in [6, 6.07) is 67.2. The maximum Gasteiger partial charge on any atom is 0.126 e. The Morgan fingerprint density at radius 3 is 1.14 bits per heavy atom. The van der Waals surface area contributed by atoms with E-state index in [0.29, 0.717) is 11.8 Å². The van der Waals surface area contributed by atoms with Gasteiger partial charge in [0.25, 0.3) is 0 Å². The van der Waals surface area contributed by atoms with Crippen LogP contribution in [-0.2, 0) is 38.5 Å². The van der Waals surface area contributed by atoms with Gasteiger partial charge in [0.1, 0.15) is 5.82 Å². The Morgan fingerprint density at radius 1 is 0.329 bits per heavy atom. The van der Waals surface area contributed by atoms with Crippen LogP contribution in [0.4, 0.5) is 4.39 Å². The minimum atomic E-state index is -0.0822. The molecule has 7 aromatic rings. The van der Waals surface area contributed by atoms with Gasteiger partial charge in [0.15, 0.2) is 0 Å². The van der Waals surface area contributed by atoms with E-state index in [1.54, 1.807) is 6.07 Å². The minimum Gasteiger partial charge on any atom is -0.207 e. The van der Waals surface area contributed by atoms with Gasteiger partial charge < -0.3 is 0 Å². The molecule has 0 radical (unpaired) electrons. The van der Waals surface area contributed by atoms with Gasteiger partial charge in [-0.3, -0.25) is 0 Å². The van der Waals surface area contributed by atoms with Gasteiger partial charge in [-0.2, -0.15) is 0 Å². The largest absolute Gasteiger partial charge is 0.207 e. The Hall–Kier alpha value is -5.53. The van der Waals surface area contributed by atoms with Crippen molar-refractivity contribution in [2.45, 2.75) is 189 Å². The Kier molecular flexibility index (Phi) is 41.1. The maximum absolute atomic E-state index is 12.9. The fourth-order valence-electron chi connectivity index (χ4n) is 8.64. The Labute approximate surface area is 488 Å². The van der Waals surface area contributed by atoms with Crippen LogP contribution < -0.4 is 0 Å². The monoisotopic (exact) mass is 1070 g/mol. The number of hydrogen-bond acceptors (Lipinski definition) is 0. The van der Waals surface area contributed by atoms with Gasteiger partial charge in [0, 0.05) is 0 Å². The van der Waals surface area contributed by atoms with Crippen LogP contribution in [0, 0.1) is 67.0 Å². The third-order valence-electron chi connectivity index (χ3n) is 13.1. The number of hydrogen-bond donors (Lipinski definition) is 0. The fraction of sp³-hybridized carbons (Fsp3) is 0.462. The third kappa shape index (κ3) is 40.3. The zero-order valence-electron chi connectivity index (χ0n) is 52.7. The molecule has 0 saturated heterocycles. The average molecular weight is 1070 g/mol. The molecular formula is C78H115F. The molecule has 0 spiro atoms. The Balaban J connectivity index is 0.000000897. The first-order valence-electron chi connectivity index (χ1n) is 30.0. The van der Waals surface area contributed by atoms with E-state index in [0.717, 1.165) is 53.4 Å². The fourth-order valence-corrected chi connectivity index (χ4v) is 8.64. The van der Waals surface area contributed by atoms with Crippen LogP contribution in [0.1, 0.15) is 187 Å². The Bertz CT molecular complexity index is 2430. The molecule has 0 nitrogen and oxygen atoms in total. The number of halogens is 1. The molecule has 1 heteroatoms. The molecule has 0 N–H and O–H groups in total. The molecule has 0 heterocycles. The summed E-state index contributed by atoms with van der Waals surface area (Å²) in [5.41, 5.74) is 12.3. The van der Waals surface area contributed by atoms with E-state index in [2.05, 4.69) is 294 Å². The van der Waals surface area contributed by atoms with Crippen molar-refractivity contribution in [3.8, 4) is 0 Å². The topological polar surface area (TPSA) is 0 Å². The smallest absolute Gasteiger partial charge is 0.126 e. The van der Waals surface area contributed by atoms with Crippen LogP contribution in [0.25, 0.3) is 0 Å². The minimum absolute atomic E-state index is 0. The number of aryl methyl sites for hydroxylation is 3. The van der Waals surface area contributed by atoms with Crippen LogP contribution >= 0.6 is 0 Å². The zero-order valence-corrected chi connectivity index (χ0v) is 52.7. The molecule has 0 aliphatic rings. The lowest BCUT2D eigenvalue weighted by atomic mass is 9.91. The van der Waals surface area contributed by atoms with E-state index in [9.17, 15) is 4.39 Å². The molecule has 7 aromatic carbocycles. The molecule has 79 heavy (non-hydrogen) atoms. The molecule has 0 aliphatic heterocycles. The molecule has 0 amide bonds. The number of benzene rings is 7. The quantitative estimate of drug-likeness (QED) is 0.0853. The first-order chi connectivity index (χ1) is 37.0. The summed E-state index contributed by atoms with van der Waals surface area (Å²) >= 11 is 0. The van der Waals surface area contributed by atoms with Crippen LogP contribution in [0.15, 0.2) is 194 Å². The molecule has 434 valence electrons. The standard InChI is InChI=1S/2C12H18.3C11H16.C10H13F.C10H14.CH4/c1-10(2)11(3)9-12-7-5-4-6-8-12;1-10(2)9-11(3)12-7-5-4-6-8-12;1-9(2)8-11-6-4-10(3)5-7-11;1-9(2)7-11-6-4-5-10(3)8-11;1-10(2)8-9-11-6-4-3-5-7-11;1-8(2)7-9-5-3-4-6-10(9)11;1-9(2)8-10-6-4-3-5-7-10;/h2*4-8,10-11H,9H2,1-3H3;4-7,9H,8H2,1-3H3;4-6,8-9H,7H2,1-3H3;3-7,10H,8-9H2,1-2H3;3-6,8H,7H2,1-2H3;3-7,9H,8H2,1-2H3;1H4. The Morgan fingerprint density at radius 2 is 0.722 bits per heavy atom. The molecule has 0 bridgehead atoms. The highest BCUT2D eigenvalue weighted by Gasteiger charge is 2.08. The van der Waals surface area contributed by atoms with E-state index < -0.39 is 0 Å². The molecule has 0 fully saturated rings. The molecule has 2 unspecified atom stereocenters.